The fourth-order valence-electron chi connectivity index (χ4n) is 1.85. The van der Waals surface area contributed by atoms with Crippen LogP contribution in [0.25, 0.3) is 0 Å². The molecule has 0 saturated heterocycles. The molecule has 0 spiro atoms. The molecule has 112 valence electrons. The van der Waals surface area contributed by atoms with Gasteiger partial charge in [-0.3, -0.25) is 14.9 Å². The van der Waals surface area contributed by atoms with E-state index in [-0.39, 0.29) is 23.4 Å². The Labute approximate surface area is 117 Å². The van der Waals surface area contributed by atoms with Gasteiger partial charge in [-0.05, 0) is 6.07 Å². The van der Waals surface area contributed by atoms with E-state index in [0.29, 0.717) is 0 Å². The molecule has 0 aliphatic carbocycles. The maximum atomic E-state index is 12.0. The molecule has 2 rings (SSSR count). The number of nitrogens with one attached hydrogen (secondary N) is 1. The second-order valence-electron chi connectivity index (χ2n) is 4.25. The quantitative estimate of drug-likeness (QED) is 0.658. The van der Waals surface area contributed by atoms with E-state index < -0.39 is 29.9 Å². The second-order valence-corrected chi connectivity index (χ2v) is 4.25. The first-order valence-corrected chi connectivity index (χ1v) is 6.01. The molecule has 1 amide bonds. The number of benzene rings is 1. The third-order valence-electron chi connectivity index (χ3n) is 2.80. The monoisotopic (exact) mass is 299 g/mol. The summed E-state index contributed by atoms with van der Waals surface area (Å²) >= 11 is 0. The van der Waals surface area contributed by atoms with E-state index in [1.807, 2.05) is 5.32 Å². The van der Waals surface area contributed by atoms with Crippen LogP contribution in [0.5, 0.6) is 0 Å². The van der Waals surface area contributed by atoms with Crippen LogP contribution in [0.2, 0.25) is 0 Å². The van der Waals surface area contributed by atoms with Gasteiger partial charge in [-0.2, -0.15) is 0 Å². The third-order valence-corrected chi connectivity index (χ3v) is 2.80. The van der Waals surface area contributed by atoms with Crippen LogP contribution in [-0.2, 0) is 9.63 Å². The summed E-state index contributed by atoms with van der Waals surface area (Å²) in [5.74, 6) is -0.729. The van der Waals surface area contributed by atoms with Crippen molar-refractivity contribution in [3.05, 3.63) is 39.9 Å². The summed E-state index contributed by atoms with van der Waals surface area (Å²) < 4.78 is 24.0. The topological polar surface area (TPSA) is 93.8 Å². The van der Waals surface area contributed by atoms with Crippen molar-refractivity contribution in [3.63, 3.8) is 0 Å². The molecule has 0 saturated carbocycles. The molecule has 0 aromatic heterocycles. The highest BCUT2D eigenvalue weighted by Crippen LogP contribution is 2.24. The van der Waals surface area contributed by atoms with Gasteiger partial charge in [0.2, 0.25) is 6.10 Å². The van der Waals surface area contributed by atoms with Crippen molar-refractivity contribution in [1.29, 1.82) is 0 Å². The van der Waals surface area contributed by atoms with E-state index in [1.54, 1.807) is 6.07 Å². The number of halogens is 2. The number of carbonyl (C=O) groups excluding carboxylic acids is 1. The number of amides is 1. The average molecular weight is 299 g/mol. The molecule has 0 fully saturated rings. The Morgan fingerprint density at radius 2 is 2.24 bits per heavy atom. The molecular weight excluding hydrogens is 288 g/mol. The molecule has 9 heteroatoms. The lowest BCUT2D eigenvalue weighted by molar-refractivity contribution is -0.385. The standard InChI is InChI=1S/C12H11F2N3O4/c13-11(14)6-15-12(18)10-5-8(16-21-10)7-3-1-2-4-9(7)17(19)20/h1-4,10-11H,5-6H2,(H,15,18). The first-order chi connectivity index (χ1) is 9.99. The predicted octanol–water partition coefficient (Wildman–Crippen LogP) is 1.47. The molecule has 1 atom stereocenters. The zero-order valence-corrected chi connectivity index (χ0v) is 10.7. The Kier molecular flexibility index (Phi) is 4.41. The number of hydrogen-bond acceptors (Lipinski definition) is 5. The fourth-order valence-corrected chi connectivity index (χ4v) is 1.85. The highest BCUT2D eigenvalue weighted by Gasteiger charge is 2.31. The van der Waals surface area contributed by atoms with E-state index in [0.717, 1.165) is 0 Å². The van der Waals surface area contributed by atoms with Gasteiger partial charge in [-0.15, -0.1) is 0 Å². The first kappa shape index (κ1) is 14.8. The van der Waals surface area contributed by atoms with Crippen LogP contribution in [-0.4, -0.2) is 35.6 Å². The lowest BCUT2D eigenvalue weighted by Gasteiger charge is -2.08. The summed E-state index contributed by atoms with van der Waals surface area (Å²) in [5.41, 5.74) is 0.319. The lowest BCUT2D eigenvalue weighted by Crippen LogP contribution is -2.37. The molecule has 1 heterocycles. The lowest BCUT2D eigenvalue weighted by atomic mass is 10.0. The van der Waals surface area contributed by atoms with Gasteiger partial charge >= 0.3 is 0 Å². The molecule has 21 heavy (non-hydrogen) atoms. The molecule has 0 bridgehead atoms. The Bertz CT molecular complexity index is 592. The highest BCUT2D eigenvalue weighted by molar-refractivity contribution is 6.06. The zero-order valence-electron chi connectivity index (χ0n) is 10.7. The van der Waals surface area contributed by atoms with Crippen LogP contribution in [0.15, 0.2) is 29.4 Å². The normalized spacial score (nSPS) is 17.3. The Balaban J connectivity index is 2.06. The number of hydrogen-bond donors (Lipinski definition) is 1. The Morgan fingerprint density at radius 1 is 1.52 bits per heavy atom. The van der Waals surface area contributed by atoms with Crippen molar-refractivity contribution in [2.24, 2.45) is 5.16 Å². The number of rotatable bonds is 5. The van der Waals surface area contributed by atoms with Crippen LogP contribution in [0.3, 0.4) is 0 Å². The number of nitro benzene ring substituents is 1. The van der Waals surface area contributed by atoms with Crippen LogP contribution >= 0.6 is 0 Å². The van der Waals surface area contributed by atoms with Gasteiger partial charge in [-0.25, -0.2) is 8.78 Å². The molecule has 1 aromatic rings. The largest absolute Gasteiger partial charge is 0.382 e. The SMILES string of the molecule is O=C(NCC(F)F)C1CC(c2ccccc2[N+](=O)[O-])=NO1. The first-order valence-electron chi connectivity index (χ1n) is 6.01. The van der Waals surface area contributed by atoms with Crippen molar-refractivity contribution in [1.82, 2.24) is 5.32 Å². The van der Waals surface area contributed by atoms with Gasteiger partial charge in [-0.1, -0.05) is 17.3 Å². The van der Waals surface area contributed by atoms with Gasteiger partial charge in [0.15, 0.2) is 0 Å². The number of nitrogens with zero attached hydrogens (tertiary/aromatic N) is 2. The minimum Gasteiger partial charge on any atom is -0.382 e. The Hall–Kier alpha value is -2.58. The van der Waals surface area contributed by atoms with Crippen molar-refractivity contribution in [3.8, 4) is 0 Å². The summed E-state index contributed by atoms with van der Waals surface area (Å²) in [6.45, 7) is -0.778. The van der Waals surface area contributed by atoms with Crippen LogP contribution < -0.4 is 5.32 Å². The summed E-state index contributed by atoms with van der Waals surface area (Å²) in [6.07, 6.45) is -3.73. The molecule has 7 nitrogen and oxygen atoms in total. The third kappa shape index (κ3) is 3.50. The molecule has 1 aromatic carbocycles. The molecule has 0 radical (unpaired) electrons. The maximum Gasteiger partial charge on any atom is 0.278 e. The van der Waals surface area contributed by atoms with Crippen molar-refractivity contribution in [2.45, 2.75) is 19.0 Å². The van der Waals surface area contributed by atoms with Crippen molar-refractivity contribution in [2.75, 3.05) is 6.54 Å². The van der Waals surface area contributed by atoms with Crippen molar-refractivity contribution < 1.29 is 23.3 Å². The molecule has 1 aliphatic heterocycles. The van der Waals surface area contributed by atoms with Crippen LogP contribution in [0.1, 0.15) is 12.0 Å². The number of alkyl halides is 2. The summed E-state index contributed by atoms with van der Waals surface area (Å²) in [7, 11) is 0. The van der Waals surface area contributed by atoms with E-state index in [1.165, 1.54) is 18.2 Å². The number of carbonyl (C=O) groups is 1. The van der Waals surface area contributed by atoms with Gasteiger partial charge in [0.05, 0.1) is 22.7 Å². The minimum absolute atomic E-state index is 0.0140. The van der Waals surface area contributed by atoms with Crippen molar-refractivity contribution >= 4 is 17.3 Å². The maximum absolute atomic E-state index is 12.0. The van der Waals surface area contributed by atoms with E-state index in [4.69, 9.17) is 4.84 Å². The van der Waals surface area contributed by atoms with E-state index in [2.05, 4.69) is 5.16 Å². The van der Waals surface area contributed by atoms with E-state index >= 15 is 0 Å². The number of nitro groups is 1. The Morgan fingerprint density at radius 3 is 2.90 bits per heavy atom. The molecule has 1 unspecified atom stereocenters. The summed E-state index contributed by atoms with van der Waals surface area (Å²) in [5, 5.41) is 16.6. The summed E-state index contributed by atoms with van der Waals surface area (Å²) in [4.78, 5) is 26.8. The van der Waals surface area contributed by atoms with Gasteiger partial charge < -0.3 is 10.2 Å². The number of oxime groups is 1. The average Bonchev–Trinajstić information content (AvgIpc) is 2.94. The highest BCUT2D eigenvalue weighted by atomic mass is 19.3. The zero-order chi connectivity index (χ0) is 15.4. The molecule has 1 aliphatic rings. The second kappa shape index (κ2) is 6.25. The molecular formula is C12H11F2N3O4. The van der Waals surface area contributed by atoms with Gasteiger partial charge in [0, 0.05) is 12.5 Å². The minimum atomic E-state index is -2.66. The smallest absolute Gasteiger partial charge is 0.278 e. The fraction of sp³-hybridized carbons (Fsp3) is 0.333. The summed E-state index contributed by atoms with van der Waals surface area (Å²) in [6, 6.07) is 5.89. The van der Waals surface area contributed by atoms with Crippen LogP contribution in [0.4, 0.5) is 14.5 Å². The number of para-hydroxylation sites is 1. The predicted molar refractivity (Wildman–Crippen MR) is 68.1 cm³/mol. The van der Waals surface area contributed by atoms with E-state index in [9.17, 15) is 23.7 Å². The molecule has 1 N–H and O–H groups in total. The van der Waals surface area contributed by atoms with Gasteiger partial charge in [0.25, 0.3) is 18.0 Å². The van der Waals surface area contributed by atoms with Gasteiger partial charge in [0.1, 0.15) is 0 Å². The van der Waals surface area contributed by atoms with Crippen LogP contribution in [0, 0.1) is 10.1 Å².